The normalized spacial score (nSPS) is 27.8. The fourth-order valence-electron chi connectivity index (χ4n) is 3.67. The monoisotopic (exact) mass is 308 g/mol. The van der Waals surface area contributed by atoms with Crippen molar-refractivity contribution in [2.75, 3.05) is 20.2 Å². The minimum absolute atomic E-state index is 0.136. The highest BCUT2D eigenvalue weighted by atomic mass is 35.5. The van der Waals surface area contributed by atoms with Crippen LogP contribution in [0.4, 0.5) is 0 Å². The van der Waals surface area contributed by atoms with Gasteiger partial charge in [0.1, 0.15) is 5.75 Å². The summed E-state index contributed by atoms with van der Waals surface area (Å²) in [5.41, 5.74) is 6.97. The number of carbonyl (C=O) groups is 1. The molecule has 1 saturated heterocycles. The van der Waals surface area contributed by atoms with Crippen molar-refractivity contribution in [3.05, 3.63) is 28.8 Å². The van der Waals surface area contributed by atoms with Crippen LogP contribution in [0.3, 0.4) is 0 Å². The zero-order chi connectivity index (χ0) is 15.0. The maximum Gasteiger partial charge on any atom is 0.227 e. The first-order valence-electron chi connectivity index (χ1n) is 7.44. The molecule has 0 spiro atoms. The lowest BCUT2D eigenvalue weighted by Crippen LogP contribution is -2.34. The molecule has 1 aromatic carbocycles. The van der Waals surface area contributed by atoms with Crippen LogP contribution in [-0.4, -0.2) is 37.0 Å². The van der Waals surface area contributed by atoms with Gasteiger partial charge in [-0.05, 0) is 42.9 Å². The average molecular weight is 309 g/mol. The summed E-state index contributed by atoms with van der Waals surface area (Å²) in [6.45, 7) is 1.65. The third-order valence-electron chi connectivity index (χ3n) is 4.85. The summed E-state index contributed by atoms with van der Waals surface area (Å²) in [6, 6.07) is 5.64. The molecule has 1 aliphatic heterocycles. The fraction of sp³-hybridized carbons (Fsp3) is 0.562. The number of likely N-dealkylation sites (tertiary alicyclic amines) is 1. The van der Waals surface area contributed by atoms with Gasteiger partial charge in [-0.2, -0.15) is 0 Å². The summed E-state index contributed by atoms with van der Waals surface area (Å²) in [5, 5.41) is 0.624. The number of carbonyl (C=O) groups excluding carboxylic acids is 1. The number of benzene rings is 1. The number of fused-ring (bicyclic) bond motifs is 1. The minimum atomic E-state index is 0.136. The highest BCUT2D eigenvalue weighted by Gasteiger charge is 2.42. The molecule has 0 radical (unpaired) electrons. The zero-order valence-corrected chi connectivity index (χ0v) is 13.0. The summed E-state index contributed by atoms with van der Waals surface area (Å²) in [6.07, 6.45) is 2.58. The van der Waals surface area contributed by atoms with Crippen molar-refractivity contribution in [1.29, 1.82) is 0 Å². The van der Waals surface area contributed by atoms with E-state index < -0.39 is 0 Å². The van der Waals surface area contributed by atoms with Crippen molar-refractivity contribution < 1.29 is 9.53 Å². The van der Waals surface area contributed by atoms with Crippen molar-refractivity contribution in [2.45, 2.75) is 25.3 Å². The van der Waals surface area contributed by atoms with E-state index in [1.165, 1.54) is 0 Å². The molecule has 0 bridgehead atoms. The van der Waals surface area contributed by atoms with Crippen molar-refractivity contribution in [2.24, 2.45) is 17.6 Å². The Morgan fingerprint density at radius 1 is 1.43 bits per heavy atom. The standard InChI is InChI=1S/C16H21ClN2O2/c1-21-15-5-3-12(17)6-11(15)7-16(20)19-8-10-2-4-14(18)13(10)9-19/h3,5-6,10,13-14H,2,4,7-9,18H2,1H3. The molecule has 3 rings (SSSR count). The second-order valence-corrected chi connectivity index (χ2v) is 6.53. The molecule has 2 N–H and O–H groups in total. The molecular weight excluding hydrogens is 288 g/mol. The molecule has 5 heteroatoms. The summed E-state index contributed by atoms with van der Waals surface area (Å²) < 4.78 is 5.31. The van der Waals surface area contributed by atoms with Gasteiger partial charge in [-0.15, -0.1) is 0 Å². The molecule has 0 aromatic heterocycles. The second-order valence-electron chi connectivity index (χ2n) is 6.10. The first-order chi connectivity index (χ1) is 10.1. The van der Waals surface area contributed by atoms with Gasteiger partial charge < -0.3 is 15.4 Å². The van der Waals surface area contributed by atoms with Gasteiger partial charge in [0.25, 0.3) is 0 Å². The van der Waals surface area contributed by atoms with Gasteiger partial charge in [0.05, 0.1) is 13.5 Å². The lowest BCUT2D eigenvalue weighted by Gasteiger charge is -2.19. The predicted octanol–water partition coefficient (Wildman–Crippen LogP) is 2.09. The molecule has 1 amide bonds. The Hall–Kier alpha value is -1.26. The smallest absolute Gasteiger partial charge is 0.227 e. The van der Waals surface area contributed by atoms with Crippen LogP contribution in [0, 0.1) is 11.8 Å². The summed E-state index contributed by atoms with van der Waals surface area (Å²) in [4.78, 5) is 14.5. The number of rotatable bonds is 3. The number of methoxy groups -OCH3 is 1. The van der Waals surface area contributed by atoms with Crippen LogP contribution < -0.4 is 10.5 Å². The number of nitrogens with zero attached hydrogens (tertiary/aromatic N) is 1. The van der Waals surface area contributed by atoms with Crippen LogP contribution >= 0.6 is 11.6 Å². The van der Waals surface area contributed by atoms with Crippen LogP contribution in [0.5, 0.6) is 5.75 Å². The van der Waals surface area contributed by atoms with Gasteiger partial charge in [-0.1, -0.05) is 11.6 Å². The molecule has 2 aliphatic rings. The highest BCUT2D eigenvalue weighted by Crippen LogP contribution is 2.37. The van der Waals surface area contributed by atoms with Gasteiger partial charge in [0.2, 0.25) is 5.91 Å². The van der Waals surface area contributed by atoms with E-state index in [0.717, 1.165) is 31.5 Å². The van der Waals surface area contributed by atoms with E-state index in [4.69, 9.17) is 22.1 Å². The number of hydrogen-bond donors (Lipinski definition) is 1. The molecule has 4 nitrogen and oxygen atoms in total. The Morgan fingerprint density at radius 2 is 2.24 bits per heavy atom. The van der Waals surface area contributed by atoms with Gasteiger partial charge in [0, 0.05) is 29.7 Å². The number of amides is 1. The summed E-state index contributed by atoms with van der Waals surface area (Å²) in [7, 11) is 1.61. The first kappa shape index (κ1) is 14.7. The molecule has 1 aromatic rings. The average Bonchev–Trinajstić information content (AvgIpc) is 3.02. The summed E-state index contributed by atoms with van der Waals surface area (Å²) >= 11 is 6.02. The van der Waals surface area contributed by atoms with E-state index in [1.54, 1.807) is 25.3 Å². The highest BCUT2D eigenvalue weighted by molar-refractivity contribution is 6.30. The largest absolute Gasteiger partial charge is 0.496 e. The molecule has 2 fully saturated rings. The third kappa shape index (κ3) is 2.87. The quantitative estimate of drug-likeness (QED) is 0.930. The predicted molar refractivity (Wildman–Crippen MR) is 82.5 cm³/mol. The lowest BCUT2D eigenvalue weighted by atomic mass is 9.98. The number of ether oxygens (including phenoxy) is 1. The topological polar surface area (TPSA) is 55.6 Å². The van der Waals surface area contributed by atoms with Crippen LogP contribution in [0.1, 0.15) is 18.4 Å². The molecule has 1 saturated carbocycles. The van der Waals surface area contributed by atoms with Gasteiger partial charge in [0.15, 0.2) is 0 Å². The van der Waals surface area contributed by atoms with Gasteiger partial charge >= 0.3 is 0 Å². The minimum Gasteiger partial charge on any atom is -0.496 e. The van der Waals surface area contributed by atoms with Gasteiger partial charge in [-0.25, -0.2) is 0 Å². The van der Waals surface area contributed by atoms with E-state index in [-0.39, 0.29) is 11.9 Å². The second kappa shape index (κ2) is 5.85. The van der Waals surface area contributed by atoms with E-state index in [2.05, 4.69) is 0 Å². The zero-order valence-electron chi connectivity index (χ0n) is 12.2. The molecule has 114 valence electrons. The van der Waals surface area contributed by atoms with Crippen molar-refractivity contribution >= 4 is 17.5 Å². The van der Waals surface area contributed by atoms with E-state index in [1.807, 2.05) is 4.90 Å². The summed E-state index contributed by atoms with van der Waals surface area (Å²) in [5.74, 6) is 1.92. The van der Waals surface area contributed by atoms with Crippen LogP contribution in [0.25, 0.3) is 0 Å². The number of nitrogens with two attached hydrogens (primary N) is 1. The van der Waals surface area contributed by atoms with Crippen molar-refractivity contribution in [3.63, 3.8) is 0 Å². The Bertz CT molecular complexity index is 549. The molecule has 3 unspecified atom stereocenters. The number of hydrogen-bond acceptors (Lipinski definition) is 3. The number of halogens is 1. The van der Waals surface area contributed by atoms with Crippen LogP contribution in [-0.2, 0) is 11.2 Å². The van der Waals surface area contributed by atoms with E-state index in [0.29, 0.717) is 29.0 Å². The molecule has 1 heterocycles. The molecule has 21 heavy (non-hydrogen) atoms. The maximum atomic E-state index is 12.5. The molecule has 1 aliphatic carbocycles. The van der Waals surface area contributed by atoms with E-state index in [9.17, 15) is 4.79 Å². The first-order valence-corrected chi connectivity index (χ1v) is 7.82. The Kier molecular flexibility index (Phi) is 4.09. The van der Waals surface area contributed by atoms with E-state index >= 15 is 0 Å². The van der Waals surface area contributed by atoms with Crippen molar-refractivity contribution in [3.8, 4) is 5.75 Å². The van der Waals surface area contributed by atoms with Crippen LogP contribution in [0.15, 0.2) is 18.2 Å². The van der Waals surface area contributed by atoms with Crippen molar-refractivity contribution in [1.82, 2.24) is 4.90 Å². The molecule has 3 atom stereocenters. The lowest BCUT2D eigenvalue weighted by molar-refractivity contribution is -0.129. The molecular formula is C16H21ClN2O2. The SMILES string of the molecule is COc1ccc(Cl)cc1CC(=O)N1CC2CCC(N)C2C1. The Labute approximate surface area is 130 Å². The maximum absolute atomic E-state index is 12.5. The third-order valence-corrected chi connectivity index (χ3v) is 5.08. The van der Waals surface area contributed by atoms with Gasteiger partial charge in [-0.3, -0.25) is 4.79 Å². The Morgan fingerprint density at radius 3 is 2.95 bits per heavy atom. The van der Waals surface area contributed by atoms with Crippen LogP contribution in [0.2, 0.25) is 5.02 Å². The fourth-order valence-corrected chi connectivity index (χ4v) is 3.87. The Balaban J connectivity index is 1.69.